The highest BCUT2D eigenvalue weighted by Gasteiger charge is 2.38. The van der Waals surface area contributed by atoms with Gasteiger partial charge in [-0.05, 0) is 55.0 Å². The van der Waals surface area contributed by atoms with Crippen LogP contribution in [0.4, 0.5) is 10.1 Å². The van der Waals surface area contributed by atoms with Gasteiger partial charge in [0.2, 0.25) is 0 Å². The molecule has 0 unspecified atom stereocenters. The first-order chi connectivity index (χ1) is 10.6. The summed E-state index contributed by atoms with van der Waals surface area (Å²) in [5.41, 5.74) is 6.25. The van der Waals surface area contributed by atoms with E-state index in [1.807, 2.05) is 6.07 Å². The molecule has 1 N–H and O–H groups in total. The van der Waals surface area contributed by atoms with Crippen molar-refractivity contribution in [3.05, 3.63) is 76.6 Å². The molecule has 0 radical (unpaired) electrons. The zero-order chi connectivity index (χ0) is 15.3. The molecule has 2 aromatic rings. The summed E-state index contributed by atoms with van der Waals surface area (Å²) in [6, 6.07) is 11.7. The van der Waals surface area contributed by atoms with Gasteiger partial charge in [0.1, 0.15) is 5.82 Å². The minimum Gasteiger partial charge on any atom is -0.377 e. The van der Waals surface area contributed by atoms with Gasteiger partial charge in [-0.25, -0.2) is 4.39 Å². The Morgan fingerprint density at radius 3 is 2.82 bits per heavy atom. The van der Waals surface area contributed by atoms with Crippen LogP contribution in [0.2, 0.25) is 0 Å². The van der Waals surface area contributed by atoms with Crippen LogP contribution >= 0.6 is 0 Å². The predicted octanol–water partition coefficient (Wildman–Crippen LogP) is 5.27. The minimum atomic E-state index is -0.159. The van der Waals surface area contributed by atoms with Gasteiger partial charge in [-0.1, -0.05) is 42.0 Å². The fraction of sp³-hybridized carbons (Fsp3) is 0.300. The van der Waals surface area contributed by atoms with E-state index in [1.165, 1.54) is 28.4 Å². The van der Waals surface area contributed by atoms with Crippen molar-refractivity contribution in [2.45, 2.75) is 32.2 Å². The summed E-state index contributed by atoms with van der Waals surface area (Å²) in [5, 5.41) is 3.70. The number of fused-ring (bicyclic) bond motifs is 3. The number of hydrogen-bond donors (Lipinski definition) is 1. The SMILES string of the molecule is Cc1cc(C)c2c(c1)[C@@H]1C=CC[C@@H]1[C@@H](c1cccc(F)c1)N2. The number of rotatable bonds is 1. The lowest BCUT2D eigenvalue weighted by atomic mass is 9.76. The van der Waals surface area contributed by atoms with E-state index in [9.17, 15) is 4.39 Å². The maximum absolute atomic E-state index is 13.7. The number of aryl methyl sites for hydroxylation is 2. The maximum Gasteiger partial charge on any atom is 0.123 e. The van der Waals surface area contributed by atoms with Crippen molar-refractivity contribution in [2.24, 2.45) is 5.92 Å². The summed E-state index contributed by atoms with van der Waals surface area (Å²) < 4.78 is 13.7. The van der Waals surface area contributed by atoms with E-state index in [4.69, 9.17) is 0 Å². The third kappa shape index (κ3) is 2.06. The van der Waals surface area contributed by atoms with Crippen LogP contribution in [0.1, 0.15) is 40.6 Å². The van der Waals surface area contributed by atoms with Crippen LogP contribution in [-0.2, 0) is 0 Å². The van der Waals surface area contributed by atoms with E-state index in [-0.39, 0.29) is 11.9 Å². The Hall–Kier alpha value is -2.09. The van der Waals surface area contributed by atoms with Crippen molar-refractivity contribution in [3.63, 3.8) is 0 Å². The summed E-state index contributed by atoms with van der Waals surface area (Å²) in [6.45, 7) is 4.31. The Labute approximate surface area is 130 Å². The fourth-order valence-corrected chi connectivity index (χ4v) is 4.10. The highest BCUT2D eigenvalue weighted by atomic mass is 19.1. The van der Waals surface area contributed by atoms with Crippen molar-refractivity contribution in [1.82, 2.24) is 0 Å². The molecular formula is C20H20FN. The zero-order valence-electron chi connectivity index (χ0n) is 12.9. The van der Waals surface area contributed by atoms with Gasteiger partial charge >= 0.3 is 0 Å². The number of allylic oxidation sites excluding steroid dienone is 2. The molecule has 0 fully saturated rings. The number of halogens is 1. The molecule has 0 saturated heterocycles. The molecule has 0 spiro atoms. The van der Waals surface area contributed by atoms with Crippen LogP contribution in [0.3, 0.4) is 0 Å². The Balaban J connectivity index is 1.84. The largest absolute Gasteiger partial charge is 0.377 e. The molecule has 1 nitrogen and oxygen atoms in total. The molecule has 2 aromatic carbocycles. The fourth-order valence-electron chi connectivity index (χ4n) is 4.10. The molecule has 112 valence electrons. The van der Waals surface area contributed by atoms with Crippen molar-refractivity contribution < 1.29 is 4.39 Å². The average Bonchev–Trinajstić information content (AvgIpc) is 2.96. The Morgan fingerprint density at radius 2 is 2.00 bits per heavy atom. The first kappa shape index (κ1) is 13.6. The number of benzene rings is 2. The predicted molar refractivity (Wildman–Crippen MR) is 88.7 cm³/mol. The van der Waals surface area contributed by atoms with Crippen LogP contribution < -0.4 is 5.32 Å². The molecule has 22 heavy (non-hydrogen) atoms. The molecule has 0 amide bonds. The van der Waals surface area contributed by atoms with Gasteiger partial charge in [-0.15, -0.1) is 0 Å². The average molecular weight is 293 g/mol. The Bertz CT molecular complexity index is 762. The lowest BCUT2D eigenvalue weighted by Crippen LogP contribution is -2.29. The lowest BCUT2D eigenvalue weighted by Gasteiger charge is -2.38. The van der Waals surface area contributed by atoms with Crippen LogP contribution in [0.5, 0.6) is 0 Å². The number of hydrogen-bond acceptors (Lipinski definition) is 1. The monoisotopic (exact) mass is 293 g/mol. The quantitative estimate of drug-likeness (QED) is 0.706. The molecular weight excluding hydrogens is 273 g/mol. The van der Waals surface area contributed by atoms with E-state index in [1.54, 1.807) is 12.1 Å². The van der Waals surface area contributed by atoms with Crippen LogP contribution in [0.15, 0.2) is 48.6 Å². The van der Waals surface area contributed by atoms with E-state index in [0.29, 0.717) is 11.8 Å². The maximum atomic E-state index is 13.7. The normalized spacial score (nSPS) is 25.5. The summed E-state index contributed by atoms with van der Waals surface area (Å²) in [7, 11) is 0. The second-order valence-corrected chi connectivity index (χ2v) is 6.58. The van der Waals surface area contributed by atoms with Gasteiger partial charge in [-0.3, -0.25) is 0 Å². The van der Waals surface area contributed by atoms with Gasteiger partial charge in [0, 0.05) is 11.6 Å². The van der Waals surface area contributed by atoms with Crippen LogP contribution in [0, 0.1) is 25.6 Å². The molecule has 0 aromatic heterocycles. The van der Waals surface area contributed by atoms with Crippen molar-refractivity contribution in [3.8, 4) is 0 Å². The molecule has 1 aliphatic heterocycles. The first-order valence-corrected chi connectivity index (χ1v) is 7.93. The molecule has 0 bridgehead atoms. The second-order valence-electron chi connectivity index (χ2n) is 6.58. The molecule has 3 atom stereocenters. The topological polar surface area (TPSA) is 12.0 Å². The molecule has 2 aliphatic rings. The van der Waals surface area contributed by atoms with Gasteiger partial charge in [-0.2, -0.15) is 0 Å². The molecule has 1 aliphatic carbocycles. The number of nitrogens with one attached hydrogen (secondary N) is 1. The van der Waals surface area contributed by atoms with Crippen LogP contribution in [-0.4, -0.2) is 0 Å². The summed E-state index contributed by atoms with van der Waals surface area (Å²) in [5.74, 6) is 0.742. The summed E-state index contributed by atoms with van der Waals surface area (Å²) >= 11 is 0. The smallest absolute Gasteiger partial charge is 0.123 e. The van der Waals surface area contributed by atoms with Crippen molar-refractivity contribution >= 4 is 5.69 Å². The highest BCUT2D eigenvalue weighted by Crippen LogP contribution is 2.50. The minimum absolute atomic E-state index is 0.159. The second kappa shape index (κ2) is 4.98. The van der Waals surface area contributed by atoms with E-state index >= 15 is 0 Å². The molecule has 0 saturated carbocycles. The van der Waals surface area contributed by atoms with Gasteiger partial charge in [0.15, 0.2) is 0 Å². The highest BCUT2D eigenvalue weighted by molar-refractivity contribution is 5.65. The molecule has 1 heterocycles. The zero-order valence-corrected chi connectivity index (χ0v) is 12.9. The lowest BCUT2D eigenvalue weighted by molar-refractivity contribution is 0.423. The van der Waals surface area contributed by atoms with Gasteiger partial charge < -0.3 is 5.32 Å². The van der Waals surface area contributed by atoms with E-state index in [0.717, 1.165) is 12.0 Å². The Kier molecular flexibility index (Phi) is 3.07. The van der Waals surface area contributed by atoms with E-state index < -0.39 is 0 Å². The third-order valence-corrected chi connectivity index (χ3v) is 5.02. The van der Waals surface area contributed by atoms with Gasteiger partial charge in [0.25, 0.3) is 0 Å². The first-order valence-electron chi connectivity index (χ1n) is 7.93. The van der Waals surface area contributed by atoms with Crippen LogP contribution in [0.25, 0.3) is 0 Å². The van der Waals surface area contributed by atoms with Crippen molar-refractivity contribution in [1.29, 1.82) is 0 Å². The summed E-state index contributed by atoms with van der Waals surface area (Å²) in [6.07, 6.45) is 5.65. The number of anilines is 1. The van der Waals surface area contributed by atoms with Crippen molar-refractivity contribution in [2.75, 3.05) is 5.32 Å². The molecule has 2 heteroatoms. The standard InChI is InChI=1S/C20H20FN/c1-12-9-13(2)19-18(10-12)16-7-4-8-17(16)20(22-19)14-5-3-6-15(21)11-14/h3-7,9-11,16-17,20,22H,8H2,1-2H3/t16-,17+,20-/m1/s1. The third-order valence-electron chi connectivity index (χ3n) is 5.02. The van der Waals surface area contributed by atoms with Gasteiger partial charge in [0.05, 0.1) is 6.04 Å². The summed E-state index contributed by atoms with van der Waals surface area (Å²) in [4.78, 5) is 0. The van der Waals surface area contributed by atoms with E-state index in [2.05, 4.69) is 43.4 Å². The molecule has 4 rings (SSSR count). The Morgan fingerprint density at radius 1 is 1.14 bits per heavy atom.